The maximum absolute atomic E-state index is 12.8. The summed E-state index contributed by atoms with van der Waals surface area (Å²) in [6, 6.07) is 16.9. The third kappa shape index (κ3) is 4.28. The first-order valence-corrected chi connectivity index (χ1v) is 10.1. The van der Waals surface area contributed by atoms with Crippen molar-refractivity contribution in [3.8, 4) is 11.1 Å². The van der Waals surface area contributed by atoms with E-state index in [9.17, 15) is 19.4 Å². The van der Waals surface area contributed by atoms with Gasteiger partial charge in [0.05, 0.1) is 12.3 Å². The number of rotatable bonds is 6. The maximum atomic E-state index is 12.8. The summed E-state index contributed by atoms with van der Waals surface area (Å²) in [5.74, 6) is -0.690. The van der Waals surface area contributed by atoms with Gasteiger partial charge in [-0.15, -0.1) is 0 Å². The molecule has 0 spiro atoms. The molecule has 1 aromatic heterocycles. The molecule has 160 valence electrons. The van der Waals surface area contributed by atoms with Gasteiger partial charge in [0.25, 0.3) is 5.91 Å². The van der Waals surface area contributed by atoms with Gasteiger partial charge in [0.15, 0.2) is 0 Å². The Bertz CT molecular complexity index is 1100. The van der Waals surface area contributed by atoms with Crippen LogP contribution in [0.2, 0.25) is 0 Å². The number of pyridine rings is 1. The molecule has 4 rings (SSSR count). The number of amides is 1. The molecule has 1 aliphatic rings. The Morgan fingerprint density at radius 1 is 1.19 bits per heavy atom. The Morgan fingerprint density at radius 2 is 1.97 bits per heavy atom. The van der Waals surface area contributed by atoms with Crippen LogP contribution in [0.5, 0.6) is 0 Å². The zero-order valence-corrected chi connectivity index (χ0v) is 17.0. The van der Waals surface area contributed by atoms with Crippen LogP contribution in [0, 0.1) is 0 Å². The average Bonchev–Trinajstić information content (AvgIpc) is 2.82. The molecular formula is C24H24FN3O3. The van der Waals surface area contributed by atoms with Crippen molar-refractivity contribution in [3.05, 3.63) is 82.7 Å². The van der Waals surface area contributed by atoms with Crippen LogP contribution >= 0.6 is 0 Å². The second-order valence-electron chi connectivity index (χ2n) is 7.64. The van der Waals surface area contributed by atoms with Gasteiger partial charge in [-0.25, -0.2) is 9.37 Å². The zero-order chi connectivity index (χ0) is 22.0. The standard InChI is InChI=1S/C24H24FN3O3/c25-12-15-4-6-16(7-5-15)19-3-1-2-17-13-28(9-8-20(17)19)18-10-21(23(30)14-29)27-22(11-18)24(26)31/h1-7,10-11,23,29-30H,8-9,12-14H2,(H2,26,31)/t23-/m0/s1. The van der Waals surface area contributed by atoms with Crippen molar-refractivity contribution in [2.75, 3.05) is 18.1 Å². The van der Waals surface area contributed by atoms with E-state index >= 15 is 0 Å². The summed E-state index contributed by atoms with van der Waals surface area (Å²) in [5, 5.41) is 19.3. The number of nitrogens with zero attached hydrogens (tertiary/aromatic N) is 2. The van der Waals surface area contributed by atoms with E-state index in [-0.39, 0.29) is 11.4 Å². The summed E-state index contributed by atoms with van der Waals surface area (Å²) < 4.78 is 12.8. The molecule has 0 radical (unpaired) electrons. The molecule has 4 N–H and O–H groups in total. The molecule has 2 aromatic carbocycles. The predicted molar refractivity (Wildman–Crippen MR) is 116 cm³/mol. The fraction of sp³-hybridized carbons (Fsp3) is 0.250. The Kier molecular flexibility index (Phi) is 5.97. The highest BCUT2D eigenvalue weighted by atomic mass is 19.1. The number of alkyl halides is 1. The van der Waals surface area contributed by atoms with Crippen molar-refractivity contribution in [2.45, 2.75) is 25.7 Å². The number of halogens is 1. The van der Waals surface area contributed by atoms with Crippen LogP contribution in [-0.2, 0) is 19.6 Å². The predicted octanol–water partition coefficient (Wildman–Crippen LogP) is 2.91. The number of aliphatic hydroxyl groups is 2. The van der Waals surface area contributed by atoms with Gasteiger partial charge in [0, 0.05) is 18.8 Å². The number of carbonyl (C=O) groups is 1. The van der Waals surface area contributed by atoms with Crippen LogP contribution in [0.1, 0.15) is 39.0 Å². The largest absolute Gasteiger partial charge is 0.393 e. The molecule has 3 aromatic rings. The molecule has 0 fully saturated rings. The van der Waals surface area contributed by atoms with Gasteiger partial charge in [-0.2, -0.15) is 0 Å². The Morgan fingerprint density at radius 3 is 2.65 bits per heavy atom. The quantitative estimate of drug-likeness (QED) is 0.568. The van der Waals surface area contributed by atoms with Crippen molar-refractivity contribution < 1.29 is 19.4 Å². The molecular weight excluding hydrogens is 397 g/mol. The SMILES string of the molecule is NC(=O)c1cc(N2CCc3c(cccc3-c3ccc(CF)cc3)C2)cc([C@@H](O)CO)n1. The summed E-state index contributed by atoms with van der Waals surface area (Å²) in [5.41, 5.74) is 11.6. The van der Waals surface area contributed by atoms with Crippen LogP contribution in [0.3, 0.4) is 0 Å². The van der Waals surface area contributed by atoms with Crippen LogP contribution in [0.15, 0.2) is 54.6 Å². The van der Waals surface area contributed by atoms with Crippen molar-refractivity contribution in [1.82, 2.24) is 4.98 Å². The number of benzene rings is 2. The van der Waals surface area contributed by atoms with Gasteiger partial charge in [0.1, 0.15) is 18.5 Å². The lowest BCUT2D eigenvalue weighted by molar-refractivity contribution is 0.0912. The lowest BCUT2D eigenvalue weighted by Crippen LogP contribution is -2.31. The summed E-state index contributed by atoms with van der Waals surface area (Å²) in [6.07, 6.45) is -0.406. The zero-order valence-electron chi connectivity index (χ0n) is 17.0. The summed E-state index contributed by atoms with van der Waals surface area (Å²) in [6.45, 7) is 0.336. The van der Waals surface area contributed by atoms with E-state index in [0.29, 0.717) is 18.7 Å². The van der Waals surface area contributed by atoms with Gasteiger partial charge in [-0.1, -0.05) is 42.5 Å². The Balaban J connectivity index is 1.67. The molecule has 0 saturated heterocycles. The second-order valence-corrected chi connectivity index (χ2v) is 7.64. The normalized spacial score (nSPS) is 14.2. The number of anilines is 1. The minimum atomic E-state index is -1.19. The van der Waals surface area contributed by atoms with E-state index in [1.807, 2.05) is 18.2 Å². The van der Waals surface area contributed by atoms with E-state index in [1.165, 1.54) is 5.56 Å². The fourth-order valence-corrected chi connectivity index (χ4v) is 3.98. The van der Waals surface area contributed by atoms with Gasteiger partial charge in [-0.05, 0) is 46.4 Å². The lowest BCUT2D eigenvalue weighted by atomic mass is 9.90. The minimum Gasteiger partial charge on any atom is -0.393 e. The average molecular weight is 421 g/mol. The Hall–Kier alpha value is -3.29. The molecule has 1 aliphatic heterocycles. The minimum absolute atomic E-state index is 0.0486. The van der Waals surface area contributed by atoms with E-state index < -0.39 is 25.3 Å². The van der Waals surface area contributed by atoms with Gasteiger partial charge >= 0.3 is 0 Å². The van der Waals surface area contributed by atoms with E-state index in [2.05, 4.69) is 22.0 Å². The summed E-state index contributed by atoms with van der Waals surface area (Å²) >= 11 is 0. The van der Waals surface area contributed by atoms with Gasteiger partial charge in [-0.3, -0.25) is 4.79 Å². The highest BCUT2D eigenvalue weighted by Gasteiger charge is 2.22. The molecule has 6 nitrogen and oxygen atoms in total. The molecule has 7 heteroatoms. The molecule has 0 bridgehead atoms. The molecule has 1 amide bonds. The Labute approximate surface area is 179 Å². The van der Waals surface area contributed by atoms with Crippen LogP contribution < -0.4 is 10.6 Å². The third-order valence-electron chi connectivity index (χ3n) is 5.65. The van der Waals surface area contributed by atoms with Gasteiger partial charge < -0.3 is 20.8 Å². The molecule has 0 aliphatic carbocycles. The summed E-state index contributed by atoms with van der Waals surface area (Å²) in [7, 11) is 0. The second kappa shape index (κ2) is 8.83. The topological polar surface area (TPSA) is 99.7 Å². The van der Waals surface area contributed by atoms with Gasteiger partial charge in [0.2, 0.25) is 0 Å². The molecule has 1 atom stereocenters. The highest BCUT2D eigenvalue weighted by molar-refractivity contribution is 5.91. The number of aromatic nitrogens is 1. The van der Waals surface area contributed by atoms with Crippen molar-refractivity contribution >= 4 is 11.6 Å². The van der Waals surface area contributed by atoms with E-state index in [1.54, 1.807) is 24.3 Å². The van der Waals surface area contributed by atoms with Crippen LogP contribution in [-0.4, -0.2) is 34.3 Å². The van der Waals surface area contributed by atoms with Crippen molar-refractivity contribution in [2.24, 2.45) is 5.73 Å². The van der Waals surface area contributed by atoms with Crippen molar-refractivity contribution in [1.29, 1.82) is 0 Å². The van der Waals surface area contributed by atoms with Crippen LogP contribution in [0.4, 0.5) is 10.1 Å². The first-order valence-electron chi connectivity index (χ1n) is 10.1. The number of nitrogens with two attached hydrogens (primary N) is 1. The van der Waals surface area contributed by atoms with E-state index in [0.717, 1.165) is 28.8 Å². The monoisotopic (exact) mass is 421 g/mol. The molecule has 31 heavy (non-hydrogen) atoms. The third-order valence-corrected chi connectivity index (χ3v) is 5.65. The smallest absolute Gasteiger partial charge is 0.267 e. The maximum Gasteiger partial charge on any atom is 0.267 e. The number of aliphatic hydroxyl groups excluding tert-OH is 2. The first kappa shape index (κ1) is 21.0. The number of hydrogen-bond donors (Lipinski definition) is 3. The number of carbonyl (C=O) groups excluding carboxylic acids is 1. The number of primary amides is 1. The summed E-state index contributed by atoms with van der Waals surface area (Å²) in [4.78, 5) is 17.9. The molecule has 2 heterocycles. The number of hydrogen-bond acceptors (Lipinski definition) is 5. The lowest BCUT2D eigenvalue weighted by Gasteiger charge is -2.32. The fourth-order valence-electron chi connectivity index (χ4n) is 3.98. The first-order chi connectivity index (χ1) is 15.0. The molecule has 0 saturated carbocycles. The molecule has 0 unspecified atom stereocenters. The van der Waals surface area contributed by atoms with Crippen molar-refractivity contribution in [3.63, 3.8) is 0 Å². The van der Waals surface area contributed by atoms with Crippen LogP contribution in [0.25, 0.3) is 11.1 Å². The van der Waals surface area contributed by atoms with E-state index in [4.69, 9.17) is 5.73 Å². The number of fused-ring (bicyclic) bond motifs is 1. The highest BCUT2D eigenvalue weighted by Crippen LogP contribution is 2.33.